The maximum Gasteiger partial charge on any atom is 0.340 e. The molecule has 5 heteroatoms. The molecule has 0 heterocycles. The van der Waals surface area contributed by atoms with Crippen LogP contribution in [0.1, 0.15) is 10.4 Å². The number of esters is 1. The van der Waals surface area contributed by atoms with Crippen LogP contribution in [0.3, 0.4) is 0 Å². The Hall–Kier alpha value is -0.740. The van der Waals surface area contributed by atoms with Crippen molar-refractivity contribution < 1.29 is 13.9 Å². The SMILES string of the molecule is COC(=O)c1cc(S)cc(Cl)c1F. The highest BCUT2D eigenvalue weighted by atomic mass is 35.5. The minimum absolute atomic E-state index is 0.145. The van der Waals surface area contributed by atoms with Crippen molar-refractivity contribution in [3.8, 4) is 0 Å². The van der Waals surface area contributed by atoms with E-state index < -0.39 is 11.8 Å². The van der Waals surface area contributed by atoms with Crippen LogP contribution in [0.2, 0.25) is 5.02 Å². The van der Waals surface area contributed by atoms with Crippen LogP contribution in [0.4, 0.5) is 4.39 Å². The average Bonchev–Trinajstić information content (AvgIpc) is 2.10. The van der Waals surface area contributed by atoms with E-state index in [0.717, 1.165) is 0 Å². The van der Waals surface area contributed by atoms with Gasteiger partial charge in [0.05, 0.1) is 17.7 Å². The molecule has 0 aliphatic rings. The number of ether oxygens (including phenoxy) is 1. The molecule has 0 aromatic heterocycles. The van der Waals surface area contributed by atoms with Crippen LogP contribution < -0.4 is 0 Å². The van der Waals surface area contributed by atoms with Crippen LogP contribution in [0.15, 0.2) is 17.0 Å². The first-order chi connectivity index (χ1) is 6.06. The van der Waals surface area contributed by atoms with Crippen molar-refractivity contribution in [2.24, 2.45) is 0 Å². The van der Waals surface area contributed by atoms with E-state index in [2.05, 4.69) is 17.4 Å². The Morgan fingerprint density at radius 2 is 2.23 bits per heavy atom. The maximum absolute atomic E-state index is 13.2. The van der Waals surface area contributed by atoms with E-state index in [1.165, 1.54) is 19.2 Å². The fourth-order valence-electron chi connectivity index (χ4n) is 0.833. The van der Waals surface area contributed by atoms with Crippen LogP contribution >= 0.6 is 24.2 Å². The zero-order valence-electron chi connectivity index (χ0n) is 6.67. The Kier molecular flexibility index (Phi) is 3.17. The largest absolute Gasteiger partial charge is 0.465 e. The van der Waals surface area contributed by atoms with E-state index in [0.29, 0.717) is 4.90 Å². The Labute approximate surface area is 85.1 Å². The number of carbonyl (C=O) groups excluding carboxylic acids is 1. The third kappa shape index (κ3) is 2.14. The Morgan fingerprint density at radius 1 is 1.62 bits per heavy atom. The van der Waals surface area contributed by atoms with E-state index in [1.54, 1.807) is 0 Å². The Morgan fingerprint density at radius 3 is 2.77 bits per heavy atom. The molecule has 0 amide bonds. The zero-order chi connectivity index (χ0) is 10.0. The number of rotatable bonds is 1. The normalized spacial score (nSPS) is 9.85. The Balaban J connectivity index is 3.28. The van der Waals surface area contributed by atoms with Crippen LogP contribution in [0.25, 0.3) is 0 Å². The molecule has 1 aromatic carbocycles. The first-order valence-electron chi connectivity index (χ1n) is 3.32. The van der Waals surface area contributed by atoms with Gasteiger partial charge in [-0.1, -0.05) is 11.6 Å². The summed E-state index contributed by atoms with van der Waals surface area (Å²) in [6.07, 6.45) is 0. The van der Waals surface area contributed by atoms with Crippen LogP contribution in [-0.4, -0.2) is 13.1 Å². The third-order valence-electron chi connectivity index (χ3n) is 1.42. The fraction of sp³-hybridized carbons (Fsp3) is 0.125. The predicted octanol–water partition coefficient (Wildman–Crippen LogP) is 2.55. The van der Waals surface area contributed by atoms with Crippen molar-refractivity contribution in [2.75, 3.05) is 7.11 Å². The van der Waals surface area contributed by atoms with Crippen LogP contribution in [-0.2, 0) is 4.74 Å². The number of thiol groups is 1. The lowest BCUT2D eigenvalue weighted by molar-refractivity contribution is 0.0595. The molecular formula is C8H6ClFO2S. The lowest BCUT2D eigenvalue weighted by Gasteiger charge is -2.03. The van der Waals surface area contributed by atoms with Gasteiger partial charge in [0.25, 0.3) is 0 Å². The molecule has 0 aliphatic carbocycles. The van der Waals surface area contributed by atoms with Crippen molar-refractivity contribution >= 4 is 30.2 Å². The van der Waals surface area contributed by atoms with Gasteiger partial charge in [-0.15, -0.1) is 12.6 Å². The number of hydrogen-bond acceptors (Lipinski definition) is 3. The highest BCUT2D eigenvalue weighted by molar-refractivity contribution is 7.80. The molecule has 0 unspecified atom stereocenters. The molecule has 0 aliphatic heterocycles. The van der Waals surface area contributed by atoms with Crippen molar-refractivity contribution in [1.82, 2.24) is 0 Å². The third-order valence-corrected chi connectivity index (χ3v) is 1.95. The monoisotopic (exact) mass is 220 g/mol. The summed E-state index contributed by atoms with van der Waals surface area (Å²) >= 11 is 9.43. The zero-order valence-corrected chi connectivity index (χ0v) is 8.32. The molecule has 0 fully saturated rings. The average molecular weight is 221 g/mol. The summed E-state index contributed by atoms with van der Waals surface area (Å²) in [5.41, 5.74) is -0.208. The van der Waals surface area contributed by atoms with Gasteiger partial charge >= 0.3 is 5.97 Å². The van der Waals surface area contributed by atoms with E-state index in [-0.39, 0.29) is 10.6 Å². The molecule has 0 bridgehead atoms. The molecule has 70 valence electrons. The molecule has 0 saturated carbocycles. The molecule has 0 saturated heterocycles. The van der Waals surface area contributed by atoms with Gasteiger partial charge in [-0.3, -0.25) is 0 Å². The molecule has 0 atom stereocenters. The van der Waals surface area contributed by atoms with Gasteiger partial charge in [0, 0.05) is 4.90 Å². The van der Waals surface area contributed by atoms with Gasteiger partial charge < -0.3 is 4.74 Å². The molecule has 1 rings (SSSR count). The summed E-state index contributed by atoms with van der Waals surface area (Å²) in [5.74, 6) is -1.55. The first kappa shape index (κ1) is 10.3. The number of halogens is 2. The second kappa shape index (κ2) is 3.98. The highest BCUT2D eigenvalue weighted by Crippen LogP contribution is 2.23. The molecule has 0 radical (unpaired) electrons. The second-order valence-corrected chi connectivity index (χ2v) is 3.20. The van der Waals surface area contributed by atoms with Gasteiger partial charge in [0.2, 0.25) is 0 Å². The molecular weight excluding hydrogens is 215 g/mol. The second-order valence-electron chi connectivity index (χ2n) is 2.28. The summed E-state index contributed by atoms with van der Waals surface area (Å²) in [5, 5.41) is -0.145. The predicted molar refractivity (Wildman–Crippen MR) is 50.0 cm³/mol. The van der Waals surface area contributed by atoms with Crippen molar-refractivity contribution in [3.63, 3.8) is 0 Å². The lowest BCUT2D eigenvalue weighted by atomic mass is 10.2. The number of benzene rings is 1. The van der Waals surface area contributed by atoms with Gasteiger partial charge in [-0.2, -0.15) is 0 Å². The number of methoxy groups -OCH3 is 1. The molecule has 1 aromatic rings. The van der Waals surface area contributed by atoms with Crippen molar-refractivity contribution in [3.05, 3.63) is 28.5 Å². The summed E-state index contributed by atoms with van der Waals surface area (Å²) in [6, 6.07) is 2.57. The minimum atomic E-state index is -0.786. The van der Waals surface area contributed by atoms with E-state index in [4.69, 9.17) is 11.6 Å². The molecule has 13 heavy (non-hydrogen) atoms. The maximum atomic E-state index is 13.2. The summed E-state index contributed by atoms with van der Waals surface area (Å²) in [4.78, 5) is 11.4. The van der Waals surface area contributed by atoms with Crippen molar-refractivity contribution in [1.29, 1.82) is 0 Å². The van der Waals surface area contributed by atoms with E-state index in [1.807, 2.05) is 0 Å². The standard InChI is InChI=1S/C8H6ClFO2S/c1-12-8(11)5-2-4(13)3-6(9)7(5)10/h2-3,13H,1H3. The van der Waals surface area contributed by atoms with Crippen molar-refractivity contribution in [2.45, 2.75) is 4.90 Å². The van der Waals surface area contributed by atoms with Gasteiger partial charge in [-0.25, -0.2) is 9.18 Å². The number of hydrogen-bond donors (Lipinski definition) is 1. The molecule has 0 N–H and O–H groups in total. The van der Waals surface area contributed by atoms with E-state index in [9.17, 15) is 9.18 Å². The minimum Gasteiger partial charge on any atom is -0.465 e. The Bertz CT molecular complexity index is 354. The van der Waals surface area contributed by atoms with Gasteiger partial charge in [0.15, 0.2) is 5.82 Å². The smallest absolute Gasteiger partial charge is 0.340 e. The van der Waals surface area contributed by atoms with Gasteiger partial charge in [0.1, 0.15) is 0 Å². The quantitative estimate of drug-likeness (QED) is 0.582. The van der Waals surface area contributed by atoms with Crippen LogP contribution in [0.5, 0.6) is 0 Å². The van der Waals surface area contributed by atoms with Gasteiger partial charge in [-0.05, 0) is 12.1 Å². The fourth-order valence-corrected chi connectivity index (χ4v) is 1.39. The molecule has 0 spiro atoms. The summed E-state index contributed by atoms with van der Waals surface area (Å²) in [6.45, 7) is 0. The summed E-state index contributed by atoms with van der Waals surface area (Å²) in [7, 11) is 1.17. The number of carbonyl (C=O) groups is 1. The van der Waals surface area contributed by atoms with Crippen LogP contribution in [0, 0.1) is 5.82 Å². The molecule has 2 nitrogen and oxygen atoms in total. The topological polar surface area (TPSA) is 26.3 Å². The summed E-state index contributed by atoms with van der Waals surface area (Å²) < 4.78 is 17.5. The van der Waals surface area contributed by atoms with E-state index >= 15 is 0 Å². The highest BCUT2D eigenvalue weighted by Gasteiger charge is 2.15. The first-order valence-corrected chi connectivity index (χ1v) is 4.15. The lowest BCUT2D eigenvalue weighted by Crippen LogP contribution is -2.04.